The molecule has 0 aromatic heterocycles. The molecule has 1 heteroatoms. The smallest absolute Gasteiger partial charge is 0.118 e. The van der Waals surface area contributed by atoms with Crippen LogP contribution in [0, 0.1) is 11.8 Å². The lowest BCUT2D eigenvalue weighted by Gasteiger charge is -2.29. The largest absolute Gasteiger partial charge is 0.497 e. The minimum Gasteiger partial charge on any atom is -0.497 e. The van der Waals surface area contributed by atoms with Crippen molar-refractivity contribution in [3.63, 3.8) is 0 Å². The number of benzene rings is 2. The molecule has 4 rings (SSSR count). The van der Waals surface area contributed by atoms with Crippen molar-refractivity contribution in [3.05, 3.63) is 77.4 Å². The number of aryl methyl sites for hydroxylation is 1. The summed E-state index contributed by atoms with van der Waals surface area (Å²) in [5.41, 5.74) is 4.57. The van der Waals surface area contributed by atoms with Gasteiger partial charge < -0.3 is 4.74 Å². The van der Waals surface area contributed by atoms with Crippen molar-refractivity contribution in [2.45, 2.75) is 89.4 Å². The van der Waals surface area contributed by atoms with Gasteiger partial charge in [-0.2, -0.15) is 0 Å². The van der Waals surface area contributed by atoms with Crippen LogP contribution < -0.4 is 4.74 Å². The third-order valence-corrected chi connectivity index (χ3v) is 8.06. The summed E-state index contributed by atoms with van der Waals surface area (Å²) < 4.78 is 5.30. The highest BCUT2D eigenvalue weighted by Crippen LogP contribution is 2.39. The fraction of sp³-hybridized carbons (Fsp3) is 0.548. The summed E-state index contributed by atoms with van der Waals surface area (Å²) in [6.07, 6.45) is 19.7. The molecule has 172 valence electrons. The van der Waals surface area contributed by atoms with E-state index < -0.39 is 0 Å². The highest BCUT2D eigenvalue weighted by molar-refractivity contribution is 5.30. The van der Waals surface area contributed by atoms with E-state index in [2.05, 4.69) is 67.6 Å². The molecule has 0 N–H and O–H groups in total. The molecule has 2 fully saturated rings. The maximum Gasteiger partial charge on any atom is 0.118 e. The molecule has 2 aliphatic carbocycles. The van der Waals surface area contributed by atoms with Crippen LogP contribution >= 0.6 is 0 Å². The Morgan fingerprint density at radius 1 is 0.688 bits per heavy atom. The van der Waals surface area contributed by atoms with Crippen LogP contribution in [0.25, 0.3) is 0 Å². The summed E-state index contributed by atoms with van der Waals surface area (Å²) in [5, 5.41) is 0. The Morgan fingerprint density at radius 2 is 1.16 bits per heavy atom. The van der Waals surface area contributed by atoms with Crippen molar-refractivity contribution >= 4 is 0 Å². The van der Waals surface area contributed by atoms with E-state index in [9.17, 15) is 0 Å². The zero-order chi connectivity index (χ0) is 22.2. The number of rotatable bonds is 8. The molecular formula is C31H42O. The number of allylic oxidation sites excluding steroid dienone is 2. The topological polar surface area (TPSA) is 9.23 Å². The second-order valence-corrected chi connectivity index (χ2v) is 10.2. The summed E-state index contributed by atoms with van der Waals surface area (Å²) in [5.74, 6) is 4.06. The molecule has 0 atom stereocenters. The predicted molar refractivity (Wildman–Crippen MR) is 137 cm³/mol. The molecule has 2 aliphatic rings. The van der Waals surface area contributed by atoms with Crippen LogP contribution in [0.1, 0.15) is 99.7 Å². The van der Waals surface area contributed by atoms with E-state index in [1.807, 2.05) is 0 Å². The fourth-order valence-electron chi connectivity index (χ4n) is 5.82. The number of methoxy groups -OCH3 is 1. The standard InChI is InChI=1S/C31H42O/c1-3-4-5-24-8-14-27(15-9-24)28-16-10-25(11-17-28)6-7-26-12-18-29(19-13-26)30-20-22-31(32-2)23-21-30/h6-9,14-15,20-23,25-26,28-29H,3-5,10-13,16-19H2,1-2H3/b7-6+. The van der Waals surface area contributed by atoms with Gasteiger partial charge >= 0.3 is 0 Å². The summed E-state index contributed by atoms with van der Waals surface area (Å²) >= 11 is 0. The van der Waals surface area contributed by atoms with Crippen molar-refractivity contribution in [1.29, 1.82) is 0 Å². The van der Waals surface area contributed by atoms with Gasteiger partial charge in [0.2, 0.25) is 0 Å². The Morgan fingerprint density at radius 3 is 1.59 bits per heavy atom. The molecule has 0 unspecified atom stereocenters. The number of ether oxygens (including phenoxy) is 1. The Labute approximate surface area is 196 Å². The SMILES string of the molecule is CCCCc1ccc(C2CCC(/C=C/C3CCC(c4ccc(OC)cc4)CC3)CC2)cc1. The monoisotopic (exact) mass is 430 g/mol. The minimum atomic E-state index is 0.731. The molecule has 0 amide bonds. The minimum absolute atomic E-state index is 0.731. The lowest BCUT2D eigenvalue weighted by Crippen LogP contribution is -2.14. The van der Waals surface area contributed by atoms with Gasteiger partial charge in [0.1, 0.15) is 5.75 Å². The van der Waals surface area contributed by atoms with Crippen LogP contribution in [0.3, 0.4) is 0 Å². The number of hydrogen-bond acceptors (Lipinski definition) is 1. The van der Waals surface area contributed by atoms with Crippen LogP contribution in [0.15, 0.2) is 60.7 Å². The average molecular weight is 431 g/mol. The van der Waals surface area contributed by atoms with E-state index >= 15 is 0 Å². The first-order chi connectivity index (χ1) is 15.7. The van der Waals surface area contributed by atoms with E-state index in [-0.39, 0.29) is 0 Å². The maximum atomic E-state index is 5.30. The van der Waals surface area contributed by atoms with Gasteiger partial charge in [0.15, 0.2) is 0 Å². The fourth-order valence-corrected chi connectivity index (χ4v) is 5.82. The normalized spacial score (nSPS) is 26.3. The Balaban J connectivity index is 1.19. The van der Waals surface area contributed by atoms with Gasteiger partial charge in [-0.25, -0.2) is 0 Å². The molecule has 0 radical (unpaired) electrons. The Hall–Kier alpha value is -2.02. The second-order valence-electron chi connectivity index (χ2n) is 10.2. The molecule has 0 saturated heterocycles. The van der Waals surface area contributed by atoms with Gasteiger partial charge in [0, 0.05) is 0 Å². The molecule has 0 bridgehead atoms. The molecule has 1 nitrogen and oxygen atoms in total. The third-order valence-electron chi connectivity index (χ3n) is 8.06. The predicted octanol–water partition coefficient (Wildman–Crippen LogP) is 8.84. The molecule has 2 aromatic carbocycles. The molecule has 2 aromatic rings. The van der Waals surface area contributed by atoms with E-state index in [0.29, 0.717) is 0 Å². The molecular weight excluding hydrogens is 388 g/mol. The zero-order valence-corrected chi connectivity index (χ0v) is 20.3. The van der Waals surface area contributed by atoms with Crippen LogP contribution in [0.2, 0.25) is 0 Å². The Kier molecular flexibility index (Phi) is 8.49. The summed E-state index contributed by atoms with van der Waals surface area (Å²) in [4.78, 5) is 0. The van der Waals surface area contributed by atoms with Crippen LogP contribution in [-0.2, 0) is 6.42 Å². The van der Waals surface area contributed by atoms with Gasteiger partial charge in [-0.05, 0) is 117 Å². The van der Waals surface area contributed by atoms with Gasteiger partial charge in [0.05, 0.1) is 7.11 Å². The van der Waals surface area contributed by atoms with Crippen molar-refractivity contribution in [2.75, 3.05) is 7.11 Å². The van der Waals surface area contributed by atoms with E-state index in [0.717, 1.165) is 29.4 Å². The quantitative estimate of drug-likeness (QED) is 0.380. The summed E-state index contributed by atoms with van der Waals surface area (Å²) in [7, 11) is 1.74. The van der Waals surface area contributed by atoms with Crippen LogP contribution in [-0.4, -0.2) is 7.11 Å². The molecule has 0 spiro atoms. The highest BCUT2D eigenvalue weighted by atomic mass is 16.5. The van der Waals surface area contributed by atoms with Crippen LogP contribution in [0.4, 0.5) is 0 Å². The van der Waals surface area contributed by atoms with Crippen molar-refractivity contribution in [1.82, 2.24) is 0 Å². The first-order valence-corrected chi connectivity index (χ1v) is 13.2. The van der Waals surface area contributed by atoms with Gasteiger partial charge in [-0.15, -0.1) is 0 Å². The maximum absolute atomic E-state index is 5.30. The van der Waals surface area contributed by atoms with Crippen LogP contribution in [0.5, 0.6) is 5.75 Å². The van der Waals surface area contributed by atoms with Crippen molar-refractivity contribution in [2.24, 2.45) is 11.8 Å². The number of unbranched alkanes of at least 4 members (excludes halogenated alkanes) is 1. The summed E-state index contributed by atoms with van der Waals surface area (Å²) in [6, 6.07) is 18.3. The van der Waals surface area contributed by atoms with Crippen molar-refractivity contribution in [3.8, 4) is 5.75 Å². The first-order valence-electron chi connectivity index (χ1n) is 13.2. The zero-order valence-electron chi connectivity index (χ0n) is 20.3. The van der Waals surface area contributed by atoms with E-state index in [1.54, 1.807) is 12.7 Å². The molecule has 32 heavy (non-hydrogen) atoms. The third kappa shape index (κ3) is 6.27. The first kappa shape index (κ1) is 23.1. The summed E-state index contributed by atoms with van der Waals surface area (Å²) in [6.45, 7) is 2.27. The lowest BCUT2D eigenvalue weighted by molar-refractivity contribution is 0.360. The lowest BCUT2D eigenvalue weighted by atomic mass is 9.76. The molecule has 0 aliphatic heterocycles. The van der Waals surface area contributed by atoms with Gasteiger partial charge in [-0.3, -0.25) is 0 Å². The Bertz CT molecular complexity index is 816. The molecule has 2 saturated carbocycles. The van der Waals surface area contributed by atoms with Crippen molar-refractivity contribution < 1.29 is 4.74 Å². The van der Waals surface area contributed by atoms with E-state index in [1.165, 1.54) is 81.8 Å². The highest BCUT2D eigenvalue weighted by Gasteiger charge is 2.23. The second kappa shape index (κ2) is 11.7. The van der Waals surface area contributed by atoms with Gasteiger partial charge in [-0.1, -0.05) is 61.9 Å². The average Bonchev–Trinajstić information content (AvgIpc) is 2.87. The number of hydrogen-bond donors (Lipinski definition) is 0. The van der Waals surface area contributed by atoms with E-state index in [4.69, 9.17) is 4.74 Å². The molecule has 0 heterocycles. The van der Waals surface area contributed by atoms with Gasteiger partial charge in [0.25, 0.3) is 0 Å².